The molecule has 0 atom stereocenters. The highest BCUT2D eigenvalue weighted by Crippen LogP contribution is 2.25. The number of carbonyl (C=O) groups excluding carboxylic acids is 1. The minimum absolute atomic E-state index is 0.0616. The zero-order valence-electron chi connectivity index (χ0n) is 6.38. The van der Waals surface area contributed by atoms with E-state index < -0.39 is 5.82 Å². The monoisotopic (exact) mass is 198 g/mol. The van der Waals surface area contributed by atoms with Gasteiger partial charge in [-0.3, -0.25) is 4.79 Å². The second-order valence-corrected chi connectivity index (χ2v) is 3.01. The summed E-state index contributed by atoms with van der Waals surface area (Å²) in [6.45, 7) is 0. The molecule has 2 rings (SSSR count). The second-order valence-electron chi connectivity index (χ2n) is 2.57. The lowest BCUT2D eigenvalue weighted by molar-refractivity contribution is 0.110. The fourth-order valence-corrected chi connectivity index (χ4v) is 1.37. The summed E-state index contributed by atoms with van der Waals surface area (Å²) in [7, 11) is 0. The zero-order chi connectivity index (χ0) is 9.42. The SMILES string of the molecule is O=Cc1cc2cc(Cl)cc(F)c2o1. The maximum absolute atomic E-state index is 13.1. The van der Waals surface area contributed by atoms with Gasteiger partial charge in [0.15, 0.2) is 23.4 Å². The maximum atomic E-state index is 13.1. The van der Waals surface area contributed by atoms with Gasteiger partial charge in [-0.1, -0.05) is 11.6 Å². The van der Waals surface area contributed by atoms with Gasteiger partial charge in [-0.05, 0) is 18.2 Å². The molecule has 0 unspecified atom stereocenters. The lowest BCUT2D eigenvalue weighted by Gasteiger charge is -1.91. The summed E-state index contributed by atoms with van der Waals surface area (Å²) in [5.41, 5.74) is 0.0616. The van der Waals surface area contributed by atoms with Crippen LogP contribution in [0.25, 0.3) is 11.0 Å². The molecule has 0 saturated heterocycles. The molecule has 0 radical (unpaired) electrons. The van der Waals surface area contributed by atoms with Gasteiger partial charge in [0.05, 0.1) is 0 Å². The van der Waals surface area contributed by atoms with Crippen LogP contribution in [0.5, 0.6) is 0 Å². The van der Waals surface area contributed by atoms with Crippen molar-refractivity contribution in [1.29, 1.82) is 0 Å². The molecule has 0 aliphatic heterocycles. The highest BCUT2D eigenvalue weighted by atomic mass is 35.5. The van der Waals surface area contributed by atoms with E-state index in [1.165, 1.54) is 12.1 Å². The van der Waals surface area contributed by atoms with Crippen molar-refractivity contribution in [3.63, 3.8) is 0 Å². The van der Waals surface area contributed by atoms with E-state index in [1.54, 1.807) is 0 Å². The van der Waals surface area contributed by atoms with Crippen molar-refractivity contribution in [2.24, 2.45) is 0 Å². The lowest BCUT2D eigenvalue weighted by atomic mass is 10.2. The van der Waals surface area contributed by atoms with Crippen LogP contribution in [0.2, 0.25) is 5.02 Å². The van der Waals surface area contributed by atoms with Gasteiger partial charge in [0.1, 0.15) is 0 Å². The molecule has 0 N–H and O–H groups in total. The van der Waals surface area contributed by atoms with E-state index in [9.17, 15) is 9.18 Å². The van der Waals surface area contributed by atoms with Gasteiger partial charge in [0.2, 0.25) is 0 Å². The summed E-state index contributed by atoms with van der Waals surface area (Å²) in [4.78, 5) is 10.3. The molecule has 0 spiro atoms. The van der Waals surface area contributed by atoms with E-state index in [4.69, 9.17) is 16.0 Å². The van der Waals surface area contributed by atoms with E-state index in [2.05, 4.69) is 0 Å². The molecule has 0 aliphatic rings. The fraction of sp³-hybridized carbons (Fsp3) is 0. The molecule has 13 heavy (non-hydrogen) atoms. The van der Waals surface area contributed by atoms with E-state index in [-0.39, 0.29) is 16.4 Å². The topological polar surface area (TPSA) is 30.2 Å². The Morgan fingerprint density at radius 2 is 2.15 bits per heavy atom. The smallest absolute Gasteiger partial charge is 0.185 e. The third kappa shape index (κ3) is 1.31. The van der Waals surface area contributed by atoms with Crippen molar-refractivity contribution in [2.75, 3.05) is 0 Å². The number of furan rings is 1. The van der Waals surface area contributed by atoms with E-state index in [0.717, 1.165) is 6.07 Å². The molecule has 66 valence electrons. The van der Waals surface area contributed by atoms with E-state index in [1.807, 2.05) is 0 Å². The summed E-state index contributed by atoms with van der Waals surface area (Å²) in [6, 6.07) is 4.12. The van der Waals surface area contributed by atoms with Crippen LogP contribution in [0.15, 0.2) is 22.6 Å². The number of fused-ring (bicyclic) bond motifs is 1. The molecule has 4 heteroatoms. The van der Waals surface area contributed by atoms with Crippen molar-refractivity contribution < 1.29 is 13.6 Å². The highest BCUT2D eigenvalue weighted by molar-refractivity contribution is 6.31. The molecule has 1 aromatic carbocycles. The Balaban J connectivity index is 2.82. The summed E-state index contributed by atoms with van der Waals surface area (Å²) < 4.78 is 18.0. The number of benzene rings is 1. The molecule has 0 saturated carbocycles. The number of hydrogen-bond donors (Lipinski definition) is 0. The van der Waals surface area contributed by atoms with Gasteiger partial charge < -0.3 is 4.42 Å². The van der Waals surface area contributed by atoms with Gasteiger partial charge in [-0.25, -0.2) is 4.39 Å². The maximum Gasteiger partial charge on any atom is 0.185 e. The lowest BCUT2D eigenvalue weighted by Crippen LogP contribution is -1.74. The van der Waals surface area contributed by atoms with Crippen molar-refractivity contribution in [2.45, 2.75) is 0 Å². The number of halogens is 2. The Morgan fingerprint density at radius 3 is 2.85 bits per heavy atom. The molecule has 0 fully saturated rings. The van der Waals surface area contributed by atoms with Gasteiger partial charge in [0.25, 0.3) is 0 Å². The highest BCUT2D eigenvalue weighted by Gasteiger charge is 2.08. The third-order valence-electron chi connectivity index (χ3n) is 1.67. The first-order valence-corrected chi connectivity index (χ1v) is 3.92. The van der Waals surface area contributed by atoms with Crippen LogP contribution in [-0.2, 0) is 0 Å². The van der Waals surface area contributed by atoms with Crippen molar-refractivity contribution in [3.05, 3.63) is 34.8 Å². The summed E-state index contributed by atoms with van der Waals surface area (Å²) in [5, 5.41) is 0.773. The predicted molar refractivity (Wildman–Crippen MR) is 46.6 cm³/mol. The number of carbonyl (C=O) groups is 1. The number of hydrogen-bond acceptors (Lipinski definition) is 2. The molecule has 0 aliphatic carbocycles. The van der Waals surface area contributed by atoms with Crippen LogP contribution in [0, 0.1) is 5.82 Å². The molecule has 1 heterocycles. The van der Waals surface area contributed by atoms with Crippen molar-refractivity contribution in [1.82, 2.24) is 0 Å². The van der Waals surface area contributed by atoms with E-state index >= 15 is 0 Å². The van der Waals surface area contributed by atoms with Crippen LogP contribution in [0.4, 0.5) is 4.39 Å². The molecule has 0 amide bonds. The summed E-state index contributed by atoms with van der Waals surface area (Å²) in [5.74, 6) is -0.466. The van der Waals surface area contributed by atoms with Crippen LogP contribution < -0.4 is 0 Å². The minimum Gasteiger partial charge on any atom is -0.450 e. The largest absolute Gasteiger partial charge is 0.450 e. The zero-order valence-corrected chi connectivity index (χ0v) is 7.14. The van der Waals surface area contributed by atoms with Crippen molar-refractivity contribution in [3.8, 4) is 0 Å². The van der Waals surface area contributed by atoms with Crippen LogP contribution in [-0.4, -0.2) is 6.29 Å². The van der Waals surface area contributed by atoms with Gasteiger partial charge >= 0.3 is 0 Å². The minimum atomic E-state index is -0.560. The average molecular weight is 199 g/mol. The Bertz CT molecular complexity index is 476. The predicted octanol–water partition coefficient (Wildman–Crippen LogP) is 3.04. The first kappa shape index (κ1) is 8.26. The standard InChI is InChI=1S/C9H4ClFO2/c10-6-1-5-2-7(4-12)13-9(5)8(11)3-6/h1-4H. The number of aldehydes is 1. The molecule has 2 nitrogen and oxygen atoms in total. The molecule has 2 aromatic rings. The van der Waals surface area contributed by atoms with Gasteiger partial charge in [0, 0.05) is 10.4 Å². The van der Waals surface area contributed by atoms with E-state index in [0.29, 0.717) is 11.7 Å². The molecular weight excluding hydrogens is 195 g/mol. The quantitative estimate of drug-likeness (QED) is 0.660. The van der Waals surface area contributed by atoms with Crippen LogP contribution in [0.3, 0.4) is 0 Å². The molecule has 0 bridgehead atoms. The summed E-state index contributed by atoms with van der Waals surface area (Å²) in [6.07, 6.45) is 0.521. The van der Waals surface area contributed by atoms with Crippen LogP contribution in [0.1, 0.15) is 10.6 Å². The molecular formula is C9H4ClFO2. The Labute approximate surface area is 77.9 Å². The Hall–Kier alpha value is -1.35. The number of rotatable bonds is 1. The van der Waals surface area contributed by atoms with Gasteiger partial charge in [-0.15, -0.1) is 0 Å². The fourth-order valence-electron chi connectivity index (χ4n) is 1.15. The Morgan fingerprint density at radius 1 is 1.38 bits per heavy atom. The van der Waals surface area contributed by atoms with Crippen LogP contribution >= 0.6 is 11.6 Å². The van der Waals surface area contributed by atoms with Gasteiger partial charge in [-0.2, -0.15) is 0 Å². The normalized spacial score (nSPS) is 10.6. The summed E-state index contributed by atoms with van der Waals surface area (Å²) >= 11 is 5.61. The first-order valence-electron chi connectivity index (χ1n) is 3.54. The third-order valence-corrected chi connectivity index (χ3v) is 1.89. The molecule has 1 aromatic heterocycles. The second kappa shape index (κ2) is 2.85. The van der Waals surface area contributed by atoms with Crippen molar-refractivity contribution >= 4 is 28.9 Å². The Kier molecular flexibility index (Phi) is 1.81. The first-order chi connectivity index (χ1) is 6.20. The average Bonchev–Trinajstić information content (AvgIpc) is 2.47.